The number of amides is 1. The van der Waals surface area contributed by atoms with E-state index < -0.39 is 0 Å². The summed E-state index contributed by atoms with van der Waals surface area (Å²) < 4.78 is 0. The van der Waals surface area contributed by atoms with Gasteiger partial charge in [0.1, 0.15) is 0 Å². The molecule has 0 aliphatic carbocycles. The molecule has 0 radical (unpaired) electrons. The van der Waals surface area contributed by atoms with E-state index in [2.05, 4.69) is 52.5 Å². The summed E-state index contributed by atoms with van der Waals surface area (Å²) in [5, 5.41) is 11.9. The van der Waals surface area contributed by atoms with Crippen LogP contribution in [0.1, 0.15) is 44.6 Å². The molecule has 144 valence electrons. The lowest BCUT2D eigenvalue weighted by molar-refractivity contribution is -0.125. The predicted octanol–water partition coefficient (Wildman–Crippen LogP) is 3.97. The Morgan fingerprint density at radius 2 is 2.11 bits per heavy atom. The monoisotopic (exact) mass is 366 g/mol. The fraction of sp³-hybridized carbons (Fsp3) is 0.500. The van der Waals surface area contributed by atoms with E-state index in [9.17, 15) is 4.79 Å². The maximum absolute atomic E-state index is 12.4. The molecule has 0 saturated carbocycles. The molecule has 1 aromatic carbocycles. The lowest BCUT2D eigenvalue weighted by Crippen LogP contribution is -2.43. The summed E-state index contributed by atoms with van der Waals surface area (Å²) >= 11 is 0. The van der Waals surface area contributed by atoms with Crippen LogP contribution in [-0.4, -0.2) is 35.7 Å². The molecule has 0 unspecified atom stereocenters. The van der Waals surface area contributed by atoms with Crippen LogP contribution in [0.15, 0.2) is 36.4 Å². The minimum absolute atomic E-state index is 0.0404. The van der Waals surface area contributed by atoms with Gasteiger partial charge in [0, 0.05) is 25.2 Å². The van der Waals surface area contributed by atoms with E-state index in [1.54, 1.807) is 0 Å². The summed E-state index contributed by atoms with van der Waals surface area (Å²) in [7, 11) is 0. The fourth-order valence-corrected chi connectivity index (χ4v) is 3.58. The average molecular weight is 367 g/mol. The number of carbonyl (C=O) groups excluding carboxylic acids is 1. The maximum atomic E-state index is 12.4. The molecular weight excluding hydrogens is 336 g/mol. The van der Waals surface area contributed by atoms with Crippen molar-refractivity contribution in [2.45, 2.75) is 46.0 Å². The Hall–Kier alpha value is -2.43. The molecule has 2 heterocycles. The van der Waals surface area contributed by atoms with E-state index in [4.69, 9.17) is 0 Å². The molecule has 1 aromatic heterocycles. The lowest BCUT2D eigenvalue weighted by atomic mass is 9.97. The van der Waals surface area contributed by atoms with E-state index in [0.717, 1.165) is 56.0 Å². The van der Waals surface area contributed by atoms with Crippen LogP contribution < -0.4 is 10.2 Å². The SMILES string of the molecule is CCCCCNC(=O)[C@@H]1CCCN(c2ccc(-c3cccc(C)c3)nn2)C1. The van der Waals surface area contributed by atoms with E-state index >= 15 is 0 Å². The molecule has 5 heteroatoms. The van der Waals surface area contributed by atoms with Crippen LogP contribution in [0.4, 0.5) is 5.82 Å². The molecule has 2 aromatic rings. The van der Waals surface area contributed by atoms with Crippen molar-refractivity contribution >= 4 is 11.7 Å². The van der Waals surface area contributed by atoms with Gasteiger partial charge < -0.3 is 10.2 Å². The normalized spacial score (nSPS) is 17.0. The first-order valence-electron chi connectivity index (χ1n) is 10.1. The van der Waals surface area contributed by atoms with Crippen LogP contribution in [0.2, 0.25) is 0 Å². The van der Waals surface area contributed by atoms with E-state index in [0.29, 0.717) is 0 Å². The second-order valence-electron chi connectivity index (χ2n) is 7.43. The summed E-state index contributed by atoms with van der Waals surface area (Å²) in [4.78, 5) is 14.6. The van der Waals surface area contributed by atoms with E-state index in [-0.39, 0.29) is 11.8 Å². The Kier molecular flexibility index (Phi) is 6.80. The minimum atomic E-state index is 0.0404. The third-order valence-corrected chi connectivity index (χ3v) is 5.16. The van der Waals surface area contributed by atoms with Crippen molar-refractivity contribution in [3.8, 4) is 11.3 Å². The predicted molar refractivity (Wildman–Crippen MR) is 110 cm³/mol. The highest BCUT2D eigenvalue weighted by atomic mass is 16.1. The van der Waals surface area contributed by atoms with Crippen LogP contribution in [-0.2, 0) is 4.79 Å². The number of hydrogen-bond acceptors (Lipinski definition) is 4. The quantitative estimate of drug-likeness (QED) is 0.753. The van der Waals surface area contributed by atoms with Crippen LogP contribution in [0, 0.1) is 12.8 Å². The molecule has 1 fully saturated rings. The summed E-state index contributed by atoms with van der Waals surface area (Å²) in [5.74, 6) is 1.08. The van der Waals surface area contributed by atoms with Gasteiger partial charge in [-0.15, -0.1) is 10.2 Å². The summed E-state index contributed by atoms with van der Waals surface area (Å²) in [5.41, 5.74) is 3.17. The number of nitrogens with zero attached hydrogens (tertiary/aromatic N) is 3. The van der Waals surface area contributed by atoms with Crippen LogP contribution in [0.5, 0.6) is 0 Å². The van der Waals surface area contributed by atoms with Crippen molar-refractivity contribution in [3.05, 3.63) is 42.0 Å². The lowest BCUT2D eigenvalue weighted by Gasteiger charge is -2.32. The molecule has 1 saturated heterocycles. The number of nitrogens with one attached hydrogen (secondary N) is 1. The first kappa shape index (κ1) is 19.3. The van der Waals surface area contributed by atoms with Gasteiger partial charge in [-0.25, -0.2) is 0 Å². The number of aryl methyl sites for hydroxylation is 1. The van der Waals surface area contributed by atoms with Gasteiger partial charge in [0.2, 0.25) is 5.91 Å². The Morgan fingerprint density at radius 3 is 2.85 bits per heavy atom. The van der Waals surface area contributed by atoms with Gasteiger partial charge in [0.15, 0.2) is 5.82 Å². The second-order valence-corrected chi connectivity index (χ2v) is 7.43. The highest BCUT2D eigenvalue weighted by Crippen LogP contribution is 2.23. The van der Waals surface area contributed by atoms with E-state index in [1.165, 1.54) is 18.4 Å². The second kappa shape index (κ2) is 9.49. The third-order valence-electron chi connectivity index (χ3n) is 5.16. The zero-order valence-electron chi connectivity index (χ0n) is 16.4. The van der Waals surface area contributed by atoms with Crippen molar-refractivity contribution in [1.82, 2.24) is 15.5 Å². The molecular formula is C22H30N4O. The highest BCUT2D eigenvalue weighted by molar-refractivity contribution is 5.79. The number of piperidine rings is 1. The highest BCUT2D eigenvalue weighted by Gasteiger charge is 2.26. The molecule has 1 atom stereocenters. The molecule has 27 heavy (non-hydrogen) atoms. The summed E-state index contributed by atoms with van der Waals surface area (Å²) in [6.45, 7) is 6.68. The average Bonchev–Trinajstić information content (AvgIpc) is 2.71. The minimum Gasteiger partial charge on any atom is -0.356 e. The summed E-state index contributed by atoms with van der Waals surface area (Å²) in [6.07, 6.45) is 5.36. The summed E-state index contributed by atoms with van der Waals surface area (Å²) in [6, 6.07) is 12.3. The Labute approximate surface area is 162 Å². The topological polar surface area (TPSA) is 58.1 Å². The van der Waals surface area contributed by atoms with Crippen molar-refractivity contribution in [2.75, 3.05) is 24.5 Å². The van der Waals surface area contributed by atoms with Crippen LogP contribution in [0.25, 0.3) is 11.3 Å². The number of aromatic nitrogens is 2. The van der Waals surface area contributed by atoms with E-state index in [1.807, 2.05) is 18.2 Å². The number of hydrogen-bond donors (Lipinski definition) is 1. The molecule has 1 amide bonds. The number of unbranched alkanes of at least 4 members (excludes halogenated alkanes) is 2. The van der Waals surface area contributed by atoms with Crippen molar-refractivity contribution in [1.29, 1.82) is 0 Å². The van der Waals surface area contributed by atoms with Gasteiger partial charge in [-0.05, 0) is 44.4 Å². The number of rotatable bonds is 7. The van der Waals surface area contributed by atoms with Crippen molar-refractivity contribution in [3.63, 3.8) is 0 Å². The molecule has 0 spiro atoms. The van der Waals surface area contributed by atoms with Gasteiger partial charge in [-0.3, -0.25) is 4.79 Å². The zero-order chi connectivity index (χ0) is 19.1. The standard InChI is InChI=1S/C22H30N4O/c1-3-4-5-13-23-22(27)19-10-7-14-26(16-19)21-12-11-20(24-25-21)18-9-6-8-17(2)15-18/h6,8-9,11-12,15,19H,3-5,7,10,13-14,16H2,1-2H3,(H,23,27)/t19-/m1/s1. The number of carbonyl (C=O) groups is 1. The fourth-order valence-electron chi connectivity index (χ4n) is 3.58. The molecule has 5 nitrogen and oxygen atoms in total. The van der Waals surface area contributed by atoms with Gasteiger partial charge in [0.05, 0.1) is 11.6 Å². The number of anilines is 1. The molecule has 1 aliphatic rings. The Morgan fingerprint density at radius 1 is 1.22 bits per heavy atom. The zero-order valence-corrected chi connectivity index (χ0v) is 16.4. The Balaban J connectivity index is 1.60. The van der Waals surface area contributed by atoms with Crippen molar-refractivity contribution in [2.24, 2.45) is 5.92 Å². The molecule has 1 N–H and O–H groups in total. The first-order valence-corrected chi connectivity index (χ1v) is 10.1. The molecule has 1 aliphatic heterocycles. The van der Waals surface area contributed by atoms with Crippen LogP contribution in [0.3, 0.4) is 0 Å². The van der Waals surface area contributed by atoms with Gasteiger partial charge >= 0.3 is 0 Å². The number of benzene rings is 1. The van der Waals surface area contributed by atoms with Gasteiger partial charge in [-0.2, -0.15) is 0 Å². The molecule has 3 rings (SSSR count). The largest absolute Gasteiger partial charge is 0.356 e. The smallest absolute Gasteiger partial charge is 0.224 e. The van der Waals surface area contributed by atoms with Crippen LogP contribution >= 0.6 is 0 Å². The van der Waals surface area contributed by atoms with Gasteiger partial charge in [-0.1, -0.05) is 43.5 Å². The third kappa shape index (κ3) is 5.28. The van der Waals surface area contributed by atoms with Gasteiger partial charge in [0.25, 0.3) is 0 Å². The Bertz CT molecular complexity index is 744. The van der Waals surface area contributed by atoms with Crippen molar-refractivity contribution < 1.29 is 4.79 Å². The maximum Gasteiger partial charge on any atom is 0.224 e. The first-order chi connectivity index (χ1) is 13.2. The molecule has 0 bridgehead atoms.